The summed E-state index contributed by atoms with van der Waals surface area (Å²) in [6.45, 7) is 5.96. The highest BCUT2D eigenvalue weighted by atomic mass is 16.4. The first-order valence-corrected chi connectivity index (χ1v) is 7.88. The first-order chi connectivity index (χ1) is 11.4. The monoisotopic (exact) mass is 320 g/mol. The first-order valence-electron chi connectivity index (χ1n) is 7.88. The summed E-state index contributed by atoms with van der Waals surface area (Å²) in [5.41, 5.74) is 2.10. The van der Waals surface area contributed by atoms with E-state index < -0.39 is 5.63 Å². The van der Waals surface area contributed by atoms with E-state index in [9.17, 15) is 4.79 Å². The topological polar surface area (TPSA) is 55.1 Å². The zero-order chi connectivity index (χ0) is 17.2. The summed E-state index contributed by atoms with van der Waals surface area (Å²) in [4.78, 5) is 17.3. The molecule has 3 aromatic rings. The Balaban J connectivity index is 2.24. The van der Waals surface area contributed by atoms with Crippen molar-refractivity contribution in [2.24, 2.45) is 0 Å². The fourth-order valence-electron chi connectivity index (χ4n) is 2.45. The normalized spacial score (nSPS) is 11.3. The second-order valence-corrected chi connectivity index (χ2v) is 6.64. The molecule has 4 heteroatoms. The van der Waals surface area contributed by atoms with Crippen molar-refractivity contribution in [3.05, 3.63) is 71.1 Å². The van der Waals surface area contributed by atoms with Gasteiger partial charge < -0.3 is 9.73 Å². The molecule has 0 saturated carbocycles. The van der Waals surface area contributed by atoms with Crippen LogP contribution in [-0.2, 0) is 0 Å². The minimum absolute atomic E-state index is 0.228. The highest BCUT2D eigenvalue weighted by Gasteiger charge is 2.19. The van der Waals surface area contributed by atoms with E-state index in [4.69, 9.17) is 4.42 Å². The smallest absolute Gasteiger partial charge is 0.348 e. The molecule has 0 aliphatic carbocycles. The summed E-state index contributed by atoms with van der Waals surface area (Å²) in [7, 11) is 0. The third kappa shape index (κ3) is 3.54. The van der Waals surface area contributed by atoms with Gasteiger partial charge >= 0.3 is 5.63 Å². The van der Waals surface area contributed by atoms with Gasteiger partial charge in [0.15, 0.2) is 0 Å². The van der Waals surface area contributed by atoms with E-state index >= 15 is 0 Å². The van der Waals surface area contributed by atoms with Crippen LogP contribution >= 0.6 is 0 Å². The first kappa shape index (κ1) is 16.0. The summed E-state index contributed by atoms with van der Waals surface area (Å²) >= 11 is 0. The Labute approximate surface area is 141 Å². The van der Waals surface area contributed by atoms with E-state index in [1.807, 2.05) is 81.4 Å². The molecule has 1 heterocycles. The highest BCUT2D eigenvalue weighted by Crippen LogP contribution is 2.29. The molecule has 0 atom stereocenters. The minimum atomic E-state index is -0.401. The van der Waals surface area contributed by atoms with Gasteiger partial charge in [-0.05, 0) is 26.3 Å². The van der Waals surface area contributed by atoms with Crippen molar-refractivity contribution in [3.63, 3.8) is 0 Å². The molecule has 4 nitrogen and oxygen atoms in total. The van der Waals surface area contributed by atoms with Crippen LogP contribution in [0, 0.1) is 0 Å². The lowest BCUT2D eigenvalue weighted by molar-refractivity contribution is 0.484. The molecule has 0 aliphatic heterocycles. The number of nitrogens with zero attached hydrogens (tertiary/aromatic N) is 1. The van der Waals surface area contributed by atoms with Gasteiger partial charge in [-0.15, -0.1) is 0 Å². The number of anilines is 1. The molecule has 0 aliphatic rings. The van der Waals surface area contributed by atoms with E-state index in [-0.39, 0.29) is 11.6 Å². The summed E-state index contributed by atoms with van der Waals surface area (Å²) < 4.78 is 5.42. The highest BCUT2D eigenvalue weighted by molar-refractivity contribution is 5.80. The van der Waals surface area contributed by atoms with Gasteiger partial charge in [-0.2, -0.15) is 4.98 Å². The second kappa shape index (κ2) is 6.32. The molecule has 0 amide bonds. The van der Waals surface area contributed by atoms with Crippen molar-refractivity contribution in [2.45, 2.75) is 26.3 Å². The zero-order valence-corrected chi connectivity index (χ0v) is 14.0. The molecule has 0 unspecified atom stereocenters. The van der Waals surface area contributed by atoms with E-state index in [1.165, 1.54) is 0 Å². The molecular formula is C20H20N2O2. The van der Waals surface area contributed by atoms with Crippen molar-refractivity contribution < 1.29 is 4.42 Å². The van der Waals surface area contributed by atoms with Crippen LogP contribution in [0.15, 0.2) is 69.9 Å². The van der Waals surface area contributed by atoms with Gasteiger partial charge in [-0.25, -0.2) is 4.79 Å². The molecule has 0 saturated heterocycles. The molecule has 0 spiro atoms. The molecule has 0 bridgehead atoms. The van der Waals surface area contributed by atoms with Crippen LogP contribution in [0.25, 0.3) is 22.4 Å². The predicted octanol–water partition coefficient (Wildman–Crippen LogP) is 4.58. The van der Waals surface area contributed by atoms with E-state index in [0.29, 0.717) is 11.3 Å². The number of aromatic nitrogens is 1. The molecule has 1 aromatic heterocycles. The summed E-state index contributed by atoms with van der Waals surface area (Å²) in [5.74, 6) is 0. The van der Waals surface area contributed by atoms with Crippen LogP contribution in [0.4, 0.5) is 6.01 Å². The Morgan fingerprint density at radius 1 is 0.875 bits per heavy atom. The van der Waals surface area contributed by atoms with Crippen LogP contribution in [0.3, 0.4) is 0 Å². The molecule has 0 fully saturated rings. The van der Waals surface area contributed by atoms with Crippen molar-refractivity contribution in [3.8, 4) is 22.4 Å². The van der Waals surface area contributed by atoms with Crippen LogP contribution in [0.2, 0.25) is 0 Å². The maximum atomic E-state index is 12.7. The fraction of sp³-hybridized carbons (Fsp3) is 0.200. The SMILES string of the molecule is CC(C)(C)Nc1nc(-c2ccccc2)c(-c2ccccc2)c(=O)o1. The van der Waals surface area contributed by atoms with Crippen LogP contribution in [0.5, 0.6) is 0 Å². The molecule has 2 aromatic carbocycles. The van der Waals surface area contributed by atoms with E-state index in [1.54, 1.807) is 0 Å². The van der Waals surface area contributed by atoms with Gasteiger partial charge in [0, 0.05) is 11.1 Å². The lowest BCUT2D eigenvalue weighted by atomic mass is 10.0. The quantitative estimate of drug-likeness (QED) is 0.767. The average molecular weight is 320 g/mol. The van der Waals surface area contributed by atoms with Crippen LogP contribution in [0.1, 0.15) is 20.8 Å². The number of hydrogen-bond donors (Lipinski definition) is 1. The maximum absolute atomic E-state index is 12.7. The standard InChI is InChI=1S/C20H20N2O2/c1-20(2,3)22-19-21-17(15-12-8-5-9-13-15)16(18(23)24-19)14-10-6-4-7-11-14/h4-13H,1-3H3,(H,21,22). The van der Waals surface area contributed by atoms with Gasteiger partial charge in [-0.3, -0.25) is 0 Å². The average Bonchev–Trinajstić information content (AvgIpc) is 2.54. The van der Waals surface area contributed by atoms with Crippen molar-refractivity contribution in [1.29, 1.82) is 0 Å². The van der Waals surface area contributed by atoms with Crippen molar-refractivity contribution >= 4 is 6.01 Å². The van der Waals surface area contributed by atoms with Gasteiger partial charge in [0.25, 0.3) is 6.01 Å². The molecule has 122 valence electrons. The Kier molecular flexibility index (Phi) is 4.21. The summed E-state index contributed by atoms with van der Waals surface area (Å²) in [5, 5.41) is 3.13. The molecule has 1 N–H and O–H groups in total. The second-order valence-electron chi connectivity index (χ2n) is 6.64. The Hall–Kier alpha value is -2.88. The van der Waals surface area contributed by atoms with Gasteiger partial charge in [-0.1, -0.05) is 60.7 Å². The van der Waals surface area contributed by atoms with Gasteiger partial charge in [0.2, 0.25) is 0 Å². The number of nitrogens with one attached hydrogen (secondary N) is 1. The predicted molar refractivity (Wildman–Crippen MR) is 97.0 cm³/mol. The van der Waals surface area contributed by atoms with Crippen LogP contribution in [-0.4, -0.2) is 10.5 Å². The lowest BCUT2D eigenvalue weighted by Gasteiger charge is -2.20. The Morgan fingerprint density at radius 3 is 1.96 bits per heavy atom. The Morgan fingerprint density at radius 2 is 1.42 bits per heavy atom. The van der Waals surface area contributed by atoms with Gasteiger partial charge in [0.05, 0.1) is 11.3 Å². The molecule has 0 radical (unpaired) electrons. The zero-order valence-electron chi connectivity index (χ0n) is 14.0. The third-order valence-corrected chi connectivity index (χ3v) is 3.44. The molecule has 24 heavy (non-hydrogen) atoms. The fourth-order valence-corrected chi connectivity index (χ4v) is 2.45. The largest absolute Gasteiger partial charge is 0.389 e. The number of benzene rings is 2. The summed E-state index contributed by atoms with van der Waals surface area (Å²) in [6, 6.07) is 19.4. The van der Waals surface area contributed by atoms with Crippen molar-refractivity contribution in [2.75, 3.05) is 5.32 Å². The van der Waals surface area contributed by atoms with E-state index in [2.05, 4.69) is 10.3 Å². The van der Waals surface area contributed by atoms with Crippen LogP contribution < -0.4 is 10.9 Å². The summed E-state index contributed by atoms with van der Waals surface area (Å²) in [6.07, 6.45) is 0. The number of rotatable bonds is 3. The lowest BCUT2D eigenvalue weighted by Crippen LogP contribution is -2.27. The minimum Gasteiger partial charge on any atom is -0.389 e. The van der Waals surface area contributed by atoms with E-state index in [0.717, 1.165) is 11.1 Å². The molecule has 3 rings (SSSR count). The van der Waals surface area contributed by atoms with Gasteiger partial charge in [0.1, 0.15) is 0 Å². The van der Waals surface area contributed by atoms with Crippen molar-refractivity contribution in [1.82, 2.24) is 4.98 Å². The maximum Gasteiger partial charge on any atom is 0.348 e. The third-order valence-electron chi connectivity index (χ3n) is 3.44. The number of hydrogen-bond acceptors (Lipinski definition) is 4. The molecular weight excluding hydrogens is 300 g/mol. The Bertz CT molecular complexity index is 879.